The van der Waals surface area contributed by atoms with E-state index in [1.54, 1.807) is 11.6 Å². The summed E-state index contributed by atoms with van der Waals surface area (Å²) in [6.45, 7) is 0.194. The normalized spacial score (nSPS) is 17.1. The van der Waals surface area contributed by atoms with E-state index in [9.17, 15) is 8.42 Å². The number of hydrogen-bond donors (Lipinski definition) is 2. The Morgan fingerprint density at radius 3 is 2.84 bits per heavy atom. The van der Waals surface area contributed by atoms with E-state index in [4.69, 9.17) is 10.9 Å². The maximum absolute atomic E-state index is 12.4. The third-order valence-electron chi connectivity index (χ3n) is 2.93. The van der Waals surface area contributed by atoms with Crippen molar-refractivity contribution in [2.75, 3.05) is 6.54 Å². The first-order chi connectivity index (χ1) is 8.95. The van der Waals surface area contributed by atoms with Gasteiger partial charge in [0.25, 0.3) is 10.0 Å². The van der Waals surface area contributed by atoms with Gasteiger partial charge in [-0.1, -0.05) is 5.16 Å². The first-order valence-corrected chi connectivity index (χ1v) is 7.35. The van der Waals surface area contributed by atoms with Gasteiger partial charge in [-0.15, -0.1) is 0 Å². The lowest BCUT2D eigenvalue weighted by molar-refractivity contribution is 0.315. The van der Waals surface area contributed by atoms with Crippen molar-refractivity contribution in [2.45, 2.75) is 30.3 Å². The lowest BCUT2D eigenvalue weighted by atomic mass is 10.4. The molecule has 0 spiro atoms. The molecule has 9 heteroatoms. The topological polar surface area (TPSA) is 114 Å². The van der Waals surface area contributed by atoms with Gasteiger partial charge in [-0.3, -0.25) is 0 Å². The van der Waals surface area contributed by atoms with Gasteiger partial charge in [0.05, 0.1) is 6.33 Å². The minimum atomic E-state index is -3.61. The number of imidazole rings is 1. The Morgan fingerprint density at radius 1 is 1.68 bits per heavy atom. The molecule has 3 N–H and O–H groups in total. The molecule has 0 aliphatic heterocycles. The van der Waals surface area contributed by atoms with Crippen molar-refractivity contribution >= 4 is 15.9 Å². The van der Waals surface area contributed by atoms with Crippen LogP contribution >= 0.6 is 0 Å². The van der Waals surface area contributed by atoms with Gasteiger partial charge in [0, 0.05) is 32.3 Å². The Balaban J connectivity index is 2.18. The third-order valence-corrected chi connectivity index (χ3v) is 4.76. The van der Waals surface area contributed by atoms with Crippen LogP contribution in [0.4, 0.5) is 0 Å². The quantitative estimate of drug-likeness (QED) is 0.323. The van der Waals surface area contributed by atoms with Crippen LogP contribution in [0.15, 0.2) is 22.7 Å². The van der Waals surface area contributed by atoms with Crippen molar-refractivity contribution in [2.24, 2.45) is 17.9 Å². The van der Waals surface area contributed by atoms with Gasteiger partial charge in [0.2, 0.25) is 0 Å². The van der Waals surface area contributed by atoms with Gasteiger partial charge in [0.15, 0.2) is 5.03 Å². The number of amidine groups is 1. The Labute approximate surface area is 111 Å². The zero-order valence-electron chi connectivity index (χ0n) is 10.6. The van der Waals surface area contributed by atoms with Crippen LogP contribution in [-0.4, -0.2) is 45.9 Å². The summed E-state index contributed by atoms with van der Waals surface area (Å²) in [5, 5.41) is 11.4. The minimum absolute atomic E-state index is 0.00139. The molecule has 1 aliphatic rings. The summed E-state index contributed by atoms with van der Waals surface area (Å²) in [5.74, 6) is 0.0156. The molecule has 0 amide bonds. The molecule has 1 saturated carbocycles. The van der Waals surface area contributed by atoms with Gasteiger partial charge in [-0.05, 0) is 12.8 Å². The van der Waals surface area contributed by atoms with Crippen LogP contribution in [-0.2, 0) is 17.1 Å². The molecule has 0 aromatic carbocycles. The highest BCUT2D eigenvalue weighted by molar-refractivity contribution is 7.89. The van der Waals surface area contributed by atoms with Gasteiger partial charge < -0.3 is 15.5 Å². The predicted molar refractivity (Wildman–Crippen MR) is 68.1 cm³/mol. The van der Waals surface area contributed by atoms with E-state index in [-0.39, 0.29) is 29.9 Å². The molecular formula is C10H17N5O3S. The van der Waals surface area contributed by atoms with Crippen LogP contribution in [0, 0.1) is 0 Å². The largest absolute Gasteiger partial charge is 0.409 e. The molecule has 1 aromatic heterocycles. The van der Waals surface area contributed by atoms with Gasteiger partial charge in [-0.25, -0.2) is 13.4 Å². The van der Waals surface area contributed by atoms with Crippen molar-refractivity contribution in [1.82, 2.24) is 13.9 Å². The van der Waals surface area contributed by atoms with Crippen LogP contribution in [0.3, 0.4) is 0 Å². The molecule has 8 nitrogen and oxygen atoms in total. The molecule has 0 radical (unpaired) electrons. The summed E-state index contributed by atoms with van der Waals surface area (Å²) in [4.78, 5) is 3.89. The molecule has 0 unspecified atom stereocenters. The summed E-state index contributed by atoms with van der Waals surface area (Å²) < 4.78 is 27.8. The van der Waals surface area contributed by atoms with Crippen molar-refractivity contribution in [3.8, 4) is 0 Å². The maximum Gasteiger partial charge on any atom is 0.262 e. The monoisotopic (exact) mass is 287 g/mol. The molecule has 1 heterocycles. The first kappa shape index (κ1) is 13.8. The molecule has 1 fully saturated rings. The summed E-state index contributed by atoms with van der Waals surface area (Å²) in [6.07, 6.45) is 4.78. The highest BCUT2D eigenvalue weighted by Gasteiger charge is 2.38. The second-order valence-corrected chi connectivity index (χ2v) is 6.40. The molecule has 2 rings (SSSR count). The molecular weight excluding hydrogens is 270 g/mol. The first-order valence-electron chi connectivity index (χ1n) is 5.91. The van der Waals surface area contributed by atoms with E-state index in [0.29, 0.717) is 0 Å². The average molecular weight is 287 g/mol. The number of aromatic nitrogens is 2. The SMILES string of the molecule is Cn1cnc(S(=O)(=O)N(CCC(N)=NO)C2CC2)c1. The molecule has 0 atom stereocenters. The summed E-state index contributed by atoms with van der Waals surface area (Å²) in [7, 11) is -1.90. The molecule has 1 aliphatic carbocycles. The van der Waals surface area contributed by atoms with E-state index in [1.807, 2.05) is 0 Å². The lowest BCUT2D eigenvalue weighted by Crippen LogP contribution is -2.36. The molecule has 0 saturated heterocycles. The minimum Gasteiger partial charge on any atom is -0.409 e. The molecule has 106 valence electrons. The lowest BCUT2D eigenvalue weighted by Gasteiger charge is -2.20. The van der Waals surface area contributed by atoms with Gasteiger partial charge in [-0.2, -0.15) is 4.31 Å². The average Bonchev–Trinajstić information content (AvgIpc) is 3.09. The van der Waals surface area contributed by atoms with E-state index in [1.165, 1.54) is 16.8 Å². The highest BCUT2D eigenvalue weighted by Crippen LogP contribution is 2.31. The van der Waals surface area contributed by atoms with Crippen molar-refractivity contribution in [1.29, 1.82) is 0 Å². The Hall–Kier alpha value is -1.61. The number of sulfonamides is 1. The van der Waals surface area contributed by atoms with Crippen LogP contribution in [0.1, 0.15) is 19.3 Å². The third kappa shape index (κ3) is 3.04. The molecule has 19 heavy (non-hydrogen) atoms. The molecule has 1 aromatic rings. The van der Waals surface area contributed by atoms with E-state index < -0.39 is 10.0 Å². The zero-order valence-corrected chi connectivity index (χ0v) is 11.4. The number of oxime groups is 1. The zero-order chi connectivity index (χ0) is 14.0. The maximum atomic E-state index is 12.4. The van der Waals surface area contributed by atoms with Crippen molar-refractivity contribution < 1.29 is 13.6 Å². The number of nitrogens with two attached hydrogens (primary N) is 1. The number of hydrogen-bond acceptors (Lipinski definition) is 5. The van der Waals surface area contributed by atoms with Crippen LogP contribution in [0.2, 0.25) is 0 Å². The summed E-state index contributed by atoms with van der Waals surface area (Å²) in [5.41, 5.74) is 5.39. The second kappa shape index (κ2) is 5.17. The van der Waals surface area contributed by atoms with E-state index >= 15 is 0 Å². The predicted octanol–water partition coefficient (Wildman–Crippen LogP) is -0.290. The Bertz CT molecular complexity index is 576. The highest BCUT2D eigenvalue weighted by atomic mass is 32.2. The van der Waals surface area contributed by atoms with Crippen LogP contribution in [0.5, 0.6) is 0 Å². The van der Waals surface area contributed by atoms with Gasteiger partial charge in [0.1, 0.15) is 5.84 Å². The standard InChI is InChI=1S/C10H17N5O3S/c1-14-6-10(12-7-14)19(17,18)15(8-2-3-8)5-4-9(11)13-16/h6-8,16H,2-5H2,1H3,(H2,11,13). The Kier molecular flexibility index (Phi) is 3.76. The molecule has 0 bridgehead atoms. The van der Waals surface area contributed by atoms with E-state index in [0.717, 1.165) is 12.8 Å². The number of nitrogens with zero attached hydrogens (tertiary/aromatic N) is 4. The van der Waals surface area contributed by atoms with Crippen LogP contribution in [0.25, 0.3) is 0 Å². The summed E-state index contributed by atoms with van der Waals surface area (Å²) >= 11 is 0. The van der Waals surface area contributed by atoms with Crippen LogP contribution < -0.4 is 5.73 Å². The summed E-state index contributed by atoms with van der Waals surface area (Å²) in [6, 6.07) is -0.00139. The smallest absolute Gasteiger partial charge is 0.262 e. The van der Waals surface area contributed by atoms with Crippen molar-refractivity contribution in [3.63, 3.8) is 0 Å². The van der Waals surface area contributed by atoms with Crippen molar-refractivity contribution in [3.05, 3.63) is 12.5 Å². The fraction of sp³-hybridized carbons (Fsp3) is 0.600. The second-order valence-electron chi connectivity index (χ2n) is 4.57. The van der Waals surface area contributed by atoms with E-state index in [2.05, 4.69) is 10.1 Å². The fourth-order valence-corrected chi connectivity index (χ4v) is 3.43. The fourth-order valence-electron chi connectivity index (χ4n) is 1.78. The number of aryl methyl sites for hydroxylation is 1. The van der Waals surface area contributed by atoms with Gasteiger partial charge >= 0.3 is 0 Å². The Morgan fingerprint density at radius 2 is 2.37 bits per heavy atom. The number of rotatable bonds is 6.